The summed E-state index contributed by atoms with van der Waals surface area (Å²) in [5, 5.41) is 0. The van der Waals surface area contributed by atoms with E-state index in [1.807, 2.05) is 6.92 Å². The topological polar surface area (TPSA) is 20.3 Å². The maximum absolute atomic E-state index is 11.8. The largest absolute Gasteiger partial charge is 0.371 e. The molecule has 0 radical (unpaired) electrons. The molecule has 0 aromatic heterocycles. The number of allylic oxidation sites excluding steroid dienone is 9. The predicted octanol–water partition coefficient (Wildman–Crippen LogP) is 10.3. The van der Waals surface area contributed by atoms with Gasteiger partial charge >= 0.3 is 0 Å². The minimum absolute atomic E-state index is 0.193. The molecule has 0 amide bonds. The third kappa shape index (κ3) is 8.33. The van der Waals surface area contributed by atoms with E-state index in [9.17, 15) is 4.79 Å². The molecule has 1 heterocycles. The van der Waals surface area contributed by atoms with Gasteiger partial charge in [0.1, 0.15) is 5.78 Å². The van der Waals surface area contributed by atoms with Gasteiger partial charge in [0.2, 0.25) is 0 Å². The lowest BCUT2D eigenvalue weighted by molar-refractivity contribution is -0.118. The number of rotatable bonds is 14. The minimum atomic E-state index is 0.193. The molecule has 0 aromatic rings. The summed E-state index contributed by atoms with van der Waals surface area (Å²) in [5.41, 5.74) is 6.30. The van der Waals surface area contributed by atoms with Gasteiger partial charge in [0.15, 0.2) is 0 Å². The minimum Gasteiger partial charge on any atom is -0.371 e. The van der Waals surface area contributed by atoms with E-state index >= 15 is 0 Å². The van der Waals surface area contributed by atoms with Crippen molar-refractivity contribution in [2.75, 3.05) is 6.54 Å². The molecular formula is C36H57NO. The number of nitrogens with zero attached hydrogens (tertiary/aromatic N) is 1. The number of carbonyl (C=O) groups is 1. The van der Waals surface area contributed by atoms with Gasteiger partial charge in [-0.1, -0.05) is 78.3 Å². The summed E-state index contributed by atoms with van der Waals surface area (Å²) in [6.45, 7) is 16.9. The van der Waals surface area contributed by atoms with Crippen molar-refractivity contribution in [3.63, 3.8) is 0 Å². The summed E-state index contributed by atoms with van der Waals surface area (Å²) in [7, 11) is 0. The third-order valence-corrected chi connectivity index (χ3v) is 9.53. The second kappa shape index (κ2) is 15.1. The Morgan fingerprint density at radius 2 is 1.95 bits per heavy atom. The first kappa shape index (κ1) is 30.7. The van der Waals surface area contributed by atoms with Crippen LogP contribution < -0.4 is 0 Å². The van der Waals surface area contributed by atoms with Crippen LogP contribution in [0.3, 0.4) is 0 Å². The Kier molecular flexibility index (Phi) is 12.2. The summed E-state index contributed by atoms with van der Waals surface area (Å²) in [4.78, 5) is 14.6. The molecule has 2 nitrogen and oxygen atoms in total. The first-order valence-electron chi connectivity index (χ1n) is 16.0. The summed E-state index contributed by atoms with van der Waals surface area (Å²) in [5.74, 6) is 1.97. The van der Waals surface area contributed by atoms with Crippen LogP contribution in [0.2, 0.25) is 0 Å². The Labute approximate surface area is 235 Å². The molecule has 38 heavy (non-hydrogen) atoms. The average Bonchev–Trinajstić information content (AvgIpc) is 3.15. The van der Waals surface area contributed by atoms with Crippen LogP contribution in [0.25, 0.3) is 0 Å². The highest BCUT2D eigenvalue weighted by atomic mass is 16.1. The van der Waals surface area contributed by atoms with E-state index in [-0.39, 0.29) is 5.41 Å². The Morgan fingerprint density at radius 1 is 1.13 bits per heavy atom. The zero-order valence-electron chi connectivity index (χ0n) is 25.5. The van der Waals surface area contributed by atoms with Crippen LogP contribution in [0.5, 0.6) is 0 Å². The molecule has 0 N–H and O–H groups in total. The molecule has 0 spiro atoms. The lowest BCUT2D eigenvalue weighted by Gasteiger charge is -2.32. The molecule has 1 saturated heterocycles. The second-order valence-electron chi connectivity index (χ2n) is 12.9. The van der Waals surface area contributed by atoms with Gasteiger partial charge in [0.25, 0.3) is 0 Å². The highest BCUT2D eigenvalue weighted by molar-refractivity contribution is 5.77. The molecule has 0 aromatic carbocycles. The molecule has 2 heteroatoms. The Hall–Kier alpha value is -1.83. The Balaban J connectivity index is 1.80. The Morgan fingerprint density at radius 3 is 2.66 bits per heavy atom. The van der Waals surface area contributed by atoms with Crippen LogP contribution in [-0.4, -0.2) is 23.3 Å². The highest BCUT2D eigenvalue weighted by Gasteiger charge is 2.41. The standard InChI is InChI=1S/C36H57NO/c1-7-16-34-29(8-2)19-15-20-31(34)23-25-35-36(5,6)27-32(24-22-30-18-13-12-17-28(30)4)37(35)26-14-10-11-21-33(38)9-3/h8,13,18,23,25,28,30,32H,2,7,9-12,14-17,19-22,24,26-27H2,1,3-6H3/b31-23+,35-25-. The SMILES string of the molecule is C=CC1=C(CCC)/C(=C/C=C2\N(CCCCCC(=O)CC)C(CCC3C=CCCC3C)CC2(C)C)CCC1. The molecule has 3 atom stereocenters. The first-order chi connectivity index (χ1) is 18.3. The van der Waals surface area contributed by atoms with E-state index in [2.05, 4.69) is 69.6 Å². The molecule has 3 rings (SSSR count). The fourth-order valence-electron chi connectivity index (χ4n) is 7.17. The van der Waals surface area contributed by atoms with Crippen LogP contribution in [0.4, 0.5) is 0 Å². The van der Waals surface area contributed by atoms with Crippen molar-refractivity contribution in [3.8, 4) is 0 Å². The van der Waals surface area contributed by atoms with Gasteiger partial charge < -0.3 is 4.90 Å². The van der Waals surface area contributed by atoms with Gasteiger partial charge in [-0.3, -0.25) is 4.79 Å². The molecule has 1 fully saturated rings. The van der Waals surface area contributed by atoms with E-state index in [0.29, 0.717) is 18.2 Å². The van der Waals surface area contributed by atoms with Crippen molar-refractivity contribution < 1.29 is 4.79 Å². The molecule has 0 saturated carbocycles. The van der Waals surface area contributed by atoms with Crippen molar-refractivity contribution in [2.45, 2.75) is 137 Å². The maximum Gasteiger partial charge on any atom is 0.132 e. The molecule has 2 aliphatic carbocycles. The highest BCUT2D eigenvalue weighted by Crippen LogP contribution is 2.46. The van der Waals surface area contributed by atoms with Crippen LogP contribution in [0.1, 0.15) is 131 Å². The number of Topliss-reactive ketones (excluding diaryl/α,β-unsaturated/α-hetero) is 1. The van der Waals surface area contributed by atoms with E-state index in [0.717, 1.165) is 44.1 Å². The Bertz CT molecular complexity index is 914. The zero-order valence-corrected chi connectivity index (χ0v) is 25.5. The quantitative estimate of drug-likeness (QED) is 0.168. The normalized spacial score (nSPS) is 27.5. The lowest BCUT2D eigenvalue weighted by Crippen LogP contribution is -2.30. The van der Waals surface area contributed by atoms with E-state index in [4.69, 9.17) is 0 Å². The average molecular weight is 520 g/mol. The molecule has 0 bridgehead atoms. The molecule has 1 aliphatic heterocycles. The van der Waals surface area contributed by atoms with E-state index in [1.165, 1.54) is 75.5 Å². The van der Waals surface area contributed by atoms with Crippen molar-refractivity contribution in [1.29, 1.82) is 0 Å². The monoisotopic (exact) mass is 519 g/mol. The van der Waals surface area contributed by atoms with Crippen LogP contribution in [0, 0.1) is 17.3 Å². The number of unbranched alkanes of at least 4 members (excludes halogenated alkanes) is 2. The van der Waals surface area contributed by atoms with Gasteiger partial charge in [0, 0.05) is 36.5 Å². The van der Waals surface area contributed by atoms with Crippen molar-refractivity contribution in [1.82, 2.24) is 4.90 Å². The van der Waals surface area contributed by atoms with Crippen molar-refractivity contribution in [3.05, 3.63) is 59.4 Å². The fourth-order valence-corrected chi connectivity index (χ4v) is 7.17. The number of carbonyl (C=O) groups excluding carboxylic acids is 1. The summed E-state index contributed by atoms with van der Waals surface area (Å²) in [6, 6.07) is 0.621. The van der Waals surface area contributed by atoms with Crippen molar-refractivity contribution >= 4 is 5.78 Å². The summed E-state index contributed by atoms with van der Waals surface area (Å²) >= 11 is 0. The number of hydrogen-bond donors (Lipinski definition) is 0. The van der Waals surface area contributed by atoms with E-state index in [1.54, 1.807) is 11.1 Å². The van der Waals surface area contributed by atoms with Crippen molar-refractivity contribution in [2.24, 2.45) is 17.3 Å². The summed E-state index contributed by atoms with van der Waals surface area (Å²) < 4.78 is 0. The molecule has 3 unspecified atom stereocenters. The van der Waals surface area contributed by atoms with Crippen LogP contribution in [0.15, 0.2) is 59.4 Å². The number of hydrogen-bond acceptors (Lipinski definition) is 2. The third-order valence-electron chi connectivity index (χ3n) is 9.53. The van der Waals surface area contributed by atoms with Gasteiger partial charge in [0.05, 0.1) is 0 Å². The van der Waals surface area contributed by atoms with Crippen LogP contribution >= 0.6 is 0 Å². The predicted molar refractivity (Wildman–Crippen MR) is 165 cm³/mol. The number of ketones is 1. The fraction of sp³-hybridized carbons (Fsp3) is 0.694. The summed E-state index contributed by atoms with van der Waals surface area (Å²) in [6.07, 6.45) is 29.2. The zero-order chi connectivity index (χ0) is 27.5. The smallest absolute Gasteiger partial charge is 0.132 e. The van der Waals surface area contributed by atoms with E-state index < -0.39 is 0 Å². The first-order valence-corrected chi connectivity index (χ1v) is 16.0. The van der Waals surface area contributed by atoms with Gasteiger partial charge in [-0.15, -0.1) is 0 Å². The van der Waals surface area contributed by atoms with Crippen LogP contribution in [-0.2, 0) is 4.79 Å². The molecule has 212 valence electrons. The molecular weight excluding hydrogens is 462 g/mol. The molecule has 3 aliphatic rings. The lowest BCUT2D eigenvalue weighted by atomic mass is 9.80. The maximum atomic E-state index is 11.8. The second-order valence-corrected chi connectivity index (χ2v) is 12.9. The van der Waals surface area contributed by atoms with Gasteiger partial charge in [-0.25, -0.2) is 0 Å². The van der Waals surface area contributed by atoms with Gasteiger partial charge in [-0.05, 0) is 105 Å². The van der Waals surface area contributed by atoms with Gasteiger partial charge in [-0.2, -0.15) is 0 Å². The number of likely N-dealkylation sites (tertiary alicyclic amines) is 1.